The van der Waals surface area contributed by atoms with Crippen LogP contribution < -0.4 is 5.32 Å². The molecule has 3 heterocycles. The fourth-order valence-corrected chi connectivity index (χ4v) is 2.65. The number of hydrogen-bond donors (Lipinski definition) is 1. The lowest BCUT2D eigenvalue weighted by atomic mass is 10.1. The summed E-state index contributed by atoms with van der Waals surface area (Å²) in [5.74, 6) is 0.301. The second kappa shape index (κ2) is 6.16. The highest BCUT2D eigenvalue weighted by molar-refractivity contribution is 6.04. The van der Waals surface area contributed by atoms with E-state index in [1.54, 1.807) is 35.4 Å². The maximum Gasteiger partial charge on any atom is 0.256 e. The van der Waals surface area contributed by atoms with Crippen molar-refractivity contribution in [2.45, 2.75) is 0 Å². The number of amides is 1. The summed E-state index contributed by atoms with van der Waals surface area (Å²) in [7, 11) is 1.89. The lowest BCUT2D eigenvalue weighted by Gasteiger charge is -2.07. The van der Waals surface area contributed by atoms with Crippen molar-refractivity contribution in [2.75, 3.05) is 5.32 Å². The summed E-state index contributed by atoms with van der Waals surface area (Å²) in [4.78, 5) is 20.5. The van der Waals surface area contributed by atoms with Gasteiger partial charge in [0.2, 0.25) is 0 Å². The molecule has 0 saturated heterocycles. The summed E-state index contributed by atoms with van der Waals surface area (Å²) >= 11 is 0. The summed E-state index contributed by atoms with van der Waals surface area (Å²) in [6.07, 6.45) is 8.72. The molecule has 1 aromatic carbocycles. The van der Waals surface area contributed by atoms with E-state index in [0.717, 1.165) is 21.9 Å². The quantitative estimate of drug-likeness (QED) is 0.626. The standard InChI is InChI=1S/C19H15N5O/c1-24-12-17(11-22-24)14-2-3-15-10-21-18(9-16(15)8-14)23-19(25)13-4-6-20-7-5-13/h2-12H,1H3,(H,21,23,25). The average Bonchev–Trinajstić information content (AvgIpc) is 3.08. The molecule has 0 saturated carbocycles. The lowest BCUT2D eigenvalue weighted by Crippen LogP contribution is -2.12. The van der Waals surface area contributed by atoms with E-state index in [2.05, 4.69) is 26.4 Å². The van der Waals surface area contributed by atoms with Crippen LogP contribution in [0.2, 0.25) is 0 Å². The Morgan fingerprint density at radius 2 is 1.84 bits per heavy atom. The Bertz CT molecular complexity index is 1060. The smallest absolute Gasteiger partial charge is 0.256 e. The Hall–Kier alpha value is -3.54. The Morgan fingerprint density at radius 1 is 1.00 bits per heavy atom. The van der Waals surface area contributed by atoms with E-state index in [1.807, 2.05) is 37.6 Å². The first-order valence-corrected chi connectivity index (χ1v) is 7.79. The van der Waals surface area contributed by atoms with Crippen LogP contribution in [0.1, 0.15) is 10.4 Å². The predicted octanol–water partition coefficient (Wildman–Crippen LogP) is 3.28. The van der Waals surface area contributed by atoms with Gasteiger partial charge in [0, 0.05) is 48.3 Å². The molecular weight excluding hydrogens is 314 g/mol. The zero-order valence-corrected chi connectivity index (χ0v) is 13.5. The molecule has 0 radical (unpaired) electrons. The predicted molar refractivity (Wildman–Crippen MR) is 96.1 cm³/mol. The van der Waals surface area contributed by atoms with Crippen molar-refractivity contribution in [3.05, 3.63) is 72.9 Å². The van der Waals surface area contributed by atoms with Crippen LogP contribution in [0.3, 0.4) is 0 Å². The number of hydrogen-bond acceptors (Lipinski definition) is 4. The van der Waals surface area contributed by atoms with Crippen LogP contribution in [0.5, 0.6) is 0 Å². The van der Waals surface area contributed by atoms with E-state index < -0.39 is 0 Å². The fourth-order valence-electron chi connectivity index (χ4n) is 2.65. The number of pyridine rings is 2. The minimum atomic E-state index is -0.210. The molecule has 0 spiro atoms. The number of rotatable bonds is 3. The van der Waals surface area contributed by atoms with Gasteiger partial charge in [-0.05, 0) is 35.2 Å². The first kappa shape index (κ1) is 15.0. The van der Waals surface area contributed by atoms with E-state index in [-0.39, 0.29) is 5.91 Å². The van der Waals surface area contributed by atoms with Crippen molar-refractivity contribution < 1.29 is 4.79 Å². The molecule has 6 nitrogen and oxygen atoms in total. The Balaban J connectivity index is 1.66. The van der Waals surface area contributed by atoms with Crippen LogP contribution in [-0.2, 0) is 7.05 Å². The summed E-state index contributed by atoms with van der Waals surface area (Å²) in [5, 5.41) is 9.04. The zero-order valence-electron chi connectivity index (χ0n) is 13.5. The van der Waals surface area contributed by atoms with Crippen molar-refractivity contribution >= 4 is 22.5 Å². The van der Waals surface area contributed by atoms with Crippen molar-refractivity contribution in [1.82, 2.24) is 19.7 Å². The van der Waals surface area contributed by atoms with Crippen LogP contribution in [-0.4, -0.2) is 25.7 Å². The van der Waals surface area contributed by atoms with Gasteiger partial charge in [-0.1, -0.05) is 12.1 Å². The molecule has 0 aliphatic heterocycles. The molecule has 122 valence electrons. The van der Waals surface area contributed by atoms with Crippen LogP contribution >= 0.6 is 0 Å². The van der Waals surface area contributed by atoms with Crippen molar-refractivity contribution in [3.63, 3.8) is 0 Å². The molecule has 25 heavy (non-hydrogen) atoms. The zero-order chi connectivity index (χ0) is 17.2. The summed E-state index contributed by atoms with van der Waals surface area (Å²) in [6.45, 7) is 0. The molecule has 4 aromatic rings. The average molecular weight is 329 g/mol. The third-order valence-electron chi connectivity index (χ3n) is 3.94. The van der Waals surface area contributed by atoms with Gasteiger partial charge in [-0.15, -0.1) is 0 Å². The van der Waals surface area contributed by atoms with Crippen LogP contribution in [0.4, 0.5) is 5.82 Å². The molecule has 0 aliphatic carbocycles. The number of aromatic nitrogens is 4. The second-order valence-corrected chi connectivity index (χ2v) is 5.72. The van der Waals surface area contributed by atoms with E-state index >= 15 is 0 Å². The van der Waals surface area contributed by atoms with E-state index in [0.29, 0.717) is 11.4 Å². The Morgan fingerprint density at radius 3 is 2.60 bits per heavy atom. The second-order valence-electron chi connectivity index (χ2n) is 5.72. The maximum atomic E-state index is 12.3. The third-order valence-corrected chi connectivity index (χ3v) is 3.94. The largest absolute Gasteiger partial charge is 0.307 e. The molecule has 0 unspecified atom stereocenters. The highest BCUT2D eigenvalue weighted by Gasteiger charge is 2.08. The number of aryl methyl sites for hydroxylation is 1. The monoisotopic (exact) mass is 329 g/mol. The molecule has 0 bridgehead atoms. The number of nitrogens with one attached hydrogen (secondary N) is 1. The Kier molecular flexibility index (Phi) is 3.70. The van der Waals surface area contributed by atoms with Gasteiger partial charge in [0.1, 0.15) is 5.82 Å². The molecule has 3 aromatic heterocycles. The molecule has 1 amide bonds. The molecule has 0 atom stereocenters. The number of carbonyl (C=O) groups excluding carboxylic acids is 1. The van der Waals surface area contributed by atoms with Gasteiger partial charge < -0.3 is 5.32 Å². The van der Waals surface area contributed by atoms with E-state index in [1.165, 1.54) is 0 Å². The molecule has 0 fully saturated rings. The number of nitrogens with zero attached hydrogens (tertiary/aromatic N) is 4. The topological polar surface area (TPSA) is 72.7 Å². The van der Waals surface area contributed by atoms with Crippen LogP contribution in [0.15, 0.2) is 67.4 Å². The normalized spacial score (nSPS) is 10.8. The van der Waals surface area contributed by atoms with Gasteiger partial charge in [0.05, 0.1) is 6.20 Å². The lowest BCUT2D eigenvalue weighted by molar-refractivity contribution is 0.102. The third kappa shape index (κ3) is 3.10. The van der Waals surface area contributed by atoms with E-state index in [4.69, 9.17) is 0 Å². The highest BCUT2D eigenvalue weighted by atomic mass is 16.1. The fraction of sp³-hybridized carbons (Fsp3) is 0.0526. The van der Waals surface area contributed by atoms with Gasteiger partial charge in [-0.2, -0.15) is 5.10 Å². The van der Waals surface area contributed by atoms with Crippen molar-refractivity contribution in [3.8, 4) is 11.1 Å². The first-order chi connectivity index (χ1) is 12.2. The van der Waals surface area contributed by atoms with Gasteiger partial charge in [0.25, 0.3) is 5.91 Å². The number of anilines is 1. The minimum Gasteiger partial charge on any atom is -0.307 e. The summed E-state index contributed by atoms with van der Waals surface area (Å²) in [5.41, 5.74) is 2.66. The molecule has 6 heteroatoms. The van der Waals surface area contributed by atoms with Crippen molar-refractivity contribution in [1.29, 1.82) is 0 Å². The number of benzene rings is 1. The van der Waals surface area contributed by atoms with Crippen molar-refractivity contribution in [2.24, 2.45) is 7.05 Å². The first-order valence-electron chi connectivity index (χ1n) is 7.79. The minimum absolute atomic E-state index is 0.210. The number of carbonyl (C=O) groups is 1. The van der Waals surface area contributed by atoms with Crippen LogP contribution in [0.25, 0.3) is 21.9 Å². The highest BCUT2D eigenvalue weighted by Crippen LogP contribution is 2.25. The van der Waals surface area contributed by atoms with Gasteiger partial charge >= 0.3 is 0 Å². The Labute approximate surface area is 144 Å². The molecular formula is C19H15N5O. The molecule has 1 N–H and O–H groups in total. The maximum absolute atomic E-state index is 12.3. The van der Waals surface area contributed by atoms with Crippen LogP contribution in [0, 0.1) is 0 Å². The summed E-state index contributed by atoms with van der Waals surface area (Å²) in [6, 6.07) is 11.3. The summed E-state index contributed by atoms with van der Waals surface area (Å²) < 4.78 is 1.77. The van der Waals surface area contributed by atoms with Gasteiger partial charge in [0.15, 0.2) is 0 Å². The van der Waals surface area contributed by atoms with Gasteiger partial charge in [-0.25, -0.2) is 4.98 Å². The SMILES string of the molecule is Cn1cc(-c2ccc3cnc(NC(=O)c4ccncc4)cc3c2)cn1. The number of fused-ring (bicyclic) bond motifs is 1. The van der Waals surface area contributed by atoms with E-state index in [9.17, 15) is 4.79 Å². The molecule has 0 aliphatic rings. The molecule has 4 rings (SSSR count). The van der Waals surface area contributed by atoms with Gasteiger partial charge in [-0.3, -0.25) is 14.5 Å².